The highest BCUT2D eigenvalue weighted by atomic mass is 79.9. The van der Waals surface area contributed by atoms with Gasteiger partial charge in [-0.05, 0) is 86.0 Å². The number of carbonyl (C=O) groups excluding carboxylic acids is 2. The van der Waals surface area contributed by atoms with Crippen LogP contribution in [0.4, 0.5) is 5.69 Å². The van der Waals surface area contributed by atoms with Crippen molar-refractivity contribution < 1.29 is 19.1 Å². The topological polar surface area (TPSA) is 64.6 Å². The summed E-state index contributed by atoms with van der Waals surface area (Å²) < 4.78 is 11.7. The molecule has 0 aromatic heterocycles. The second kappa shape index (κ2) is 9.59. The van der Waals surface area contributed by atoms with Crippen LogP contribution in [0.1, 0.15) is 27.0 Å². The first-order valence-electron chi connectivity index (χ1n) is 9.40. The van der Waals surface area contributed by atoms with Crippen molar-refractivity contribution in [2.45, 2.75) is 20.8 Å². The molecule has 3 aromatic carbocycles. The van der Waals surface area contributed by atoms with Gasteiger partial charge in [0, 0.05) is 15.7 Å². The Morgan fingerprint density at radius 2 is 1.57 bits per heavy atom. The molecule has 0 aliphatic heterocycles. The number of amides is 1. The Labute approximate surface area is 184 Å². The molecule has 0 radical (unpaired) electrons. The van der Waals surface area contributed by atoms with Crippen molar-refractivity contribution >= 4 is 33.5 Å². The maximum atomic E-state index is 12.5. The molecule has 6 heteroatoms. The SMILES string of the molecule is Cc1ccc(C)c(NC(=O)c2ccc(OC(=O)COc3ccc(Br)c(C)c3)cc2)c1. The molecule has 0 unspecified atom stereocenters. The number of ether oxygens (including phenoxy) is 2. The van der Waals surface area contributed by atoms with Crippen molar-refractivity contribution in [3.8, 4) is 11.5 Å². The summed E-state index contributed by atoms with van der Waals surface area (Å²) in [5.74, 6) is 0.184. The monoisotopic (exact) mass is 467 g/mol. The van der Waals surface area contributed by atoms with E-state index in [1.54, 1.807) is 30.3 Å². The van der Waals surface area contributed by atoms with Gasteiger partial charge in [-0.1, -0.05) is 28.1 Å². The summed E-state index contributed by atoms with van der Waals surface area (Å²) in [6, 6.07) is 17.7. The quantitative estimate of drug-likeness (QED) is 0.377. The Balaban J connectivity index is 1.55. The van der Waals surface area contributed by atoms with Crippen LogP contribution in [0.25, 0.3) is 0 Å². The maximum Gasteiger partial charge on any atom is 0.349 e. The molecule has 0 heterocycles. The Morgan fingerprint density at radius 3 is 2.27 bits per heavy atom. The van der Waals surface area contributed by atoms with Gasteiger partial charge in [-0.2, -0.15) is 0 Å². The minimum atomic E-state index is -0.525. The van der Waals surface area contributed by atoms with Gasteiger partial charge in [0.1, 0.15) is 11.5 Å². The minimum Gasteiger partial charge on any atom is -0.482 e. The molecule has 0 saturated heterocycles. The van der Waals surface area contributed by atoms with Crippen molar-refractivity contribution in [1.29, 1.82) is 0 Å². The fourth-order valence-corrected chi connectivity index (χ4v) is 3.00. The lowest BCUT2D eigenvalue weighted by Gasteiger charge is -2.10. The molecule has 0 aliphatic rings. The van der Waals surface area contributed by atoms with E-state index in [0.717, 1.165) is 26.9 Å². The zero-order chi connectivity index (χ0) is 21.7. The average molecular weight is 468 g/mol. The van der Waals surface area contributed by atoms with Crippen molar-refractivity contribution in [3.05, 3.63) is 87.4 Å². The van der Waals surface area contributed by atoms with Gasteiger partial charge in [0.05, 0.1) is 0 Å². The number of nitrogens with one attached hydrogen (secondary N) is 1. The van der Waals surface area contributed by atoms with Gasteiger partial charge in [0.15, 0.2) is 6.61 Å². The van der Waals surface area contributed by atoms with Crippen LogP contribution in [0.15, 0.2) is 65.1 Å². The summed E-state index contributed by atoms with van der Waals surface area (Å²) in [6.07, 6.45) is 0. The number of hydrogen-bond acceptors (Lipinski definition) is 4. The van der Waals surface area contributed by atoms with E-state index in [1.807, 2.05) is 51.1 Å². The lowest BCUT2D eigenvalue weighted by Crippen LogP contribution is -2.18. The number of benzene rings is 3. The number of rotatable bonds is 6. The molecule has 0 spiro atoms. The van der Waals surface area contributed by atoms with E-state index < -0.39 is 5.97 Å². The molecular formula is C24H22BrNO4. The molecule has 0 fully saturated rings. The Bertz CT molecular complexity index is 1080. The zero-order valence-corrected chi connectivity index (χ0v) is 18.6. The second-order valence-corrected chi connectivity index (χ2v) is 7.82. The standard InChI is InChI=1S/C24H22BrNO4/c1-15-4-5-16(2)22(12-15)26-24(28)18-6-8-19(9-7-18)30-23(27)14-29-20-10-11-21(25)17(3)13-20/h4-13H,14H2,1-3H3,(H,26,28). The van der Waals surface area contributed by atoms with E-state index in [0.29, 0.717) is 17.1 Å². The molecule has 0 saturated carbocycles. The van der Waals surface area contributed by atoms with Crippen LogP contribution < -0.4 is 14.8 Å². The second-order valence-electron chi connectivity index (χ2n) is 6.97. The van der Waals surface area contributed by atoms with Crippen LogP contribution in [0.5, 0.6) is 11.5 Å². The first kappa shape index (κ1) is 21.6. The van der Waals surface area contributed by atoms with Gasteiger partial charge in [0.2, 0.25) is 0 Å². The fourth-order valence-electron chi connectivity index (χ4n) is 2.75. The third kappa shape index (κ3) is 5.70. The number of esters is 1. The Kier molecular flexibility index (Phi) is 6.90. The van der Waals surface area contributed by atoms with Gasteiger partial charge in [-0.15, -0.1) is 0 Å². The van der Waals surface area contributed by atoms with Gasteiger partial charge in [0.25, 0.3) is 5.91 Å². The lowest BCUT2D eigenvalue weighted by atomic mass is 10.1. The molecule has 0 atom stereocenters. The summed E-state index contributed by atoms with van der Waals surface area (Å²) in [5, 5.41) is 2.90. The number of halogens is 1. The summed E-state index contributed by atoms with van der Waals surface area (Å²) in [6.45, 7) is 5.64. The molecule has 3 aromatic rings. The highest BCUT2D eigenvalue weighted by molar-refractivity contribution is 9.10. The van der Waals surface area contributed by atoms with Crippen LogP contribution >= 0.6 is 15.9 Å². The fraction of sp³-hybridized carbons (Fsp3) is 0.167. The van der Waals surface area contributed by atoms with Crippen LogP contribution in [0.3, 0.4) is 0 Å². The molecule has 0 bridgehead atoms. The number of carbonyl (C=O) groups is 2. The molecule has 0 aliphatic carbocycles. The van der Waals surface area contributed by atoms with Gasteiger partial charge >= 0.3 is 5.97 Å². The van der Waals surface area contributed by atoms with E-state index >= 15 is 0 Å². The molecular weight excluding hydrogens is 446 g/mol. The van der Waals surface area contributed by atoms with Crippen LogP contribution in [-0.4, -0.2) is 18.5 Å². The normalized spacial score (nSPS) is 10.4. The molecule has 1 amide bonds. The largest absolute Gasteiger partial charge is 0.482 e. The number of aryl methyl sites for hydroxylation is 3. The smallest absolute Gasteiger partial charge is 0.349 e. The highest BCUT2D eigenvalue weighted by Gasteiger charge is 2.11. The van der Waals surface area contributed by atoms with E-state index in [2.05, 4.69) is 21.2 Å². The molecule has 1 N–H and O–H groups in total. The van der Waals surface area contributed by atoms with Gasteiger partial charge < -0.3 is 14.8 Å². The van der Waals surface area contributed by atoms with E-state index in [4.69, 9.17) is 9.47 Å². The average Bonchev–Trinajstić information content (AvgIpc) is 2.72. The third-order valence-electron chi connectivity index (χ3n) is 4.48. The Hall–Kier alpha value is -3.12. The van der Waals surface area contributed by atoms with Crippen LogP contribution in [0.2, 0.25) is 0 Å². The molecule has 3 rings (SSSR count). The summed E-state index contributed by atoms with van der Waals surface area (Å²) in [4.78, 5) is 24.5. The maximum absolute atomic E-state index is 12.5. The van der Waals surface area contributed by atoms with Crippen molar-refractivity contribution in [2.75, 3.05) is 11.9 Å². The molecule has 30 heavy (non-hydrogen) atoms. The van der Waals surface area contributed by atoms with E-state index in [9.17, 15) is 9.59 Å². The minimum absolute atomic E-state index is 0.212. The van der Waals surface area contributed by atoms with E-state index in [-0.39, 0.29) is 12.5 Å². The first-order chi connectivity index (χ1) is 14.3. The first-order valence-corrected chi connectivity index (χ1v) is 10.2. The summed E-state index contributed by atoms with van der Waals surface area (Å²) >= 11 is 3.42. The number of hydrogen-bond donors (Lipinski definition) is 1. The van der Waals surface area contributed by atoms with Crippen LogP contribution in [0, 0.1) is 20.8 Å². The summed E-state index contributed by atoms with van der Waals surface area (Å²) in [5.41, 5.74) is 4.31. The van der Waals surface area contributed by atoms with Crippen molar-refractivity contribution in [2.24, 2.45) is 0 Å². The molecule has 154 valence electrons. The van der Waals surface area contributed by atoms with Gasteiger partial charge in [-0.25, -0.2) is 4.79 Å². The Morgan fingerprint density at radius 1 is 0.867 bits per heavy atom. The highest BCUT2D eigenvalue weighted by Crippen LogP contribution is 2.22. The predicted octanol–water partition coefficient (Wildman–Crippen LogP) is 5.61. The number of anilines is 1. The third-order valence-corrected chi connectivity index (χ3v) is 5.37. The van der Waals surface area contributed by atoms with Gasteiger partial charge in [-0.3, -0.25) is 4.79 Å². The zero-order valence-electron chi connectivity index (χ0n) is 17.0. The molecule has 5 nitrogen and oxygen atoms in total. The van der Waals surface area contributed by atoms with Crippen LogP contribution in [-0.2, 0) is 4.79 Å². The predicted molar refractivity (Wildman–Crippen MR) is 120 cm³/mol. The summed E-state index contributed by atoms with van der Waals surface area (Å²) in [7, 11) is 0. The van der Waals surface area contributed by atoms with Crippen molar-refractivity contribution in [1.82, 2.24) is 0 Å². The van der Waals surface area contributed by atoms with E-state index in [1.165, 1.54) is 0 Å². The van der Waals surface area contributed by atoms with Crippen molar-refractivity contribution in [3.63, 3.8) is 0 Å². The lowest BCUT2D eigenvalue weighted by molar-refractivity contribution is -0.136.